The summed E-state index contributed by atoms with van der Waals surface area (Å²) in [7, 11) is 2.80. The number of halogens is 1. The highest BCUT2D eigenvalue weighted by Crippen LogP contribution is 2.20. The molecule has 1 amide bonds. The van der Waals surface area contributed by atoms with E-state index in [0.29, 0.717) is 29.8 Å². The summed E-state index contributed by atoms with van der Waals surface area (Å²) in [5, 5.41) is 0. The third-order valence-corrected chi connectivity index (χ3v) is 4.58. The Morgan fingerprint density at radius 3 is 2.52 bits per heavy atom. The molecule has 0 saturated heterocycles. The molecule has 0 aliphatic heterocycles. The van der Waals surface area contributed by atoms with E-state index >= 15 is 0 Å². The number of ether oxygens (including phenoxy) is 2. The predicted octanol–water partition coefficient (Wildman–Crippen LogP) is 2.92. The number of Topliss-reactive ketones (excluding diaryl/α,β-unsaturated/α-hetero) is 1. The Labute approximate surface area is 168 Å². The van der Waals surface area contributed by atoms with Crippen LogP contribution in [0.25, 0.3) is 0 Å². The smallest absolute Gasteiger partial charge is 0.354 e. The van der Waals surface area contributed by atoms with Crippen LogP contribution in [0.4, 0.5) is 4.39 Å². The van der Waals surface area contributed by atoms with Gasteiger partial charge in [0.1, 0.15) is 11.5 Å². The zero-order valence-electron chi connectivity index (χ0n) is 17.0. The third-order valence-electron chi connectivity index (χ3n) is 4.58. The zero-order chi connectivity index (χ0) is 21.6. The van der Waals surface area contributed by atoms with Gasteiger partial charge in [-0.25, -0.2) is 9.18 Å². The monoisotopic (exact) mass is 404 g/mol. The van der Waals surface area contributed by atoms with E-state index in [1.165, 1.54) is 30.2 Å². The number of methoxy groups -OCH3 is 2. The van der Waals surface area contributed by atoms with Crippen LogP contribution in [0.3, 0.4) is 0 Å². The third kappa shape index (κ3) is 5.29. The Hall–Kier alpha value is -3.00. The van der Waals surface area contributed by atoms with E-state index in [-0.39, 0.29) is 30.1 Å². The van der Waals surface area contributed by atoms with Crippen molar-refractivity contribution in [1.82, 2.24) is 9.88 Å². The minimum absolute atomic E-state index is 0.160. The number of hydrogen-bond donors (Lipinski definition) is 1. The number of aromatic nitrogens is 1. The number of nitrogens with zero attached hydrogens (tertiary/aromatic N) is 1. The first-order chi connectivity index (χ1) is 13.8. The van der Waals surface area contributed by atoms with E-state index in [0.717, 1.165) is 6.07 Å². The van der Waals surface area contributed by atoms with Crippen LogP contribution in [0.5, 0.6) is 0 Å². The zero-order valence-corrected chi connectivity index (χ0v) is 17.0. The predicted molar refractivity (Wildman–Crippen MR) is 105 cm³/mol. The molecule has 0 aliphatic carbocycles. The Balaban J connectivity index is 2.29. The molecule has 1 aromatic carbocycles. The van der Waals surface area contributed by atoms with Gasteiger partial charge in [0.15, 0.2) is 5.78 Å². The summed E-state index contributed by atoms with van der Waals surface area (Å²) in [6.45, 7) is 3.79. The normalized spacial score (nSPS) is 10.7. The first-order valence-corrected chi connectivity index (χ1v) is 9.14. The van der Waals surface area contributed by atoms with Crippen molar-refractivity contribution in [1.29, 1.82) is 0 Å². The fourth-order valence-corrected chi connectivity index (χ4v) is 3.18. The largest absolute Gasteiger partial charge is 0.464 e. The van der Waals surface area contributed by atoms with Crippen molar-refractivity contribution in [2.45, 2.75) is 20.3 Å². The molecule has 29 heavy (non-hydrogen) atoms. The fraction of sp³-hybridized carbons (Fsp3) is 0.381. The molecule has 2 aromatic rings. The molecule has 1 N–H and O–H groups in total. The summed E-state index contributed by atoms with van der Waals surface area (Å²) >= 11 is 0. The van der Waals surface area contributed by atoms with E-state index in [4.69, 9.17) is 9.47 Å². The molecule has 8 heteroatoms. The van der Waals surface area contributed by atoms with Crippen LogP contribution in [0.1, 0.15) is 48.9 Å². The average molecular weight is 404 g/mol. The van der Waals surface area contributed by atoms with Crippen molar-refractivity contribution in [3.05, 3.63) is 58.2 Å². The molecule has 2 rings (SSSR count). The van der Waals surface area contributed by atoms with Gasteiger partial charge in [0, 0.05) is 37.1 Å². The van der Waals surface area contributed by atoms with Crippen LogP contribution >= 0.6 is 0 Å². The quantitative estimate of drug-likeness (QED) is 0.394. The lowest BCUT2D eigenvalue weighted by Gasteiger charge is -2.22. The van der Waals surface area contributed by atoms with Gasteiger partial charge in [-0.1, -0.05) is 6.07 Å². The maximum Gasteiger partial charge on any atom is 0.354 e. The Bertz CT molecular complexity index is 906. The van der Waals surface area contributed by atoms with E-state index < -0.39 is 17.7 Å². The van der Waals surface area contributed by atoms with Crippen molar-refractivity contribution in [2.75, 3.05) is 33.9 Å². The van der Waals surface area contributed by atoms with Gasteiger partial charge in [-0.2, -0.15) is 0 Å². The molecule has 0 spiro atoms. The van der Waals surface area contributed by atoms with Crippen molar-refractivity contribution >= 4 is 17.7 Å². The Kier molecular flexibility index (Phi) is 7.67. The van der Waals surface area contributed by atoms with Gasteiger partial charge in [-0.05, 0) is 44.0 Å². The van der Waals surface area contributed by atoms with Crippen molar-refractivity contribution in [3.8, 4) is 0 Å². The summed E-state index contributed by atoms with van der Waals surface area (Å²) in [5.74, 6) is -1.88. The number of carbonyl (C=O) groups is 3. The van der Waals surface area contributed by atoms with Crippen LogP contribution in [0.2, 0.25) is 0 Å². The Morgan fingerprint density at radius 1 is 1.17 bits per heavy atom. The number of benzene rings is 1. The molecular formula is C21H25FN2O5. The number of rotatable bonds is 9. The van der Waals surface area contributed by atoms with E-state index in [9.17, 15) is 18.8 Å². The minimum Gasteiger partial charge on any atom is -0.464 e. The second-order valence-corrected chi connectivity index (χ2v) is 6.62. The van der Waals surface area contributed by atoms with Gasteiger partial charge >= 0.3 is 5.97 Å². The van der Waals surface area contributed by atoms with E-state index in [1.54, 1.807) is 21.0 Å². The molecule has 1 heterocycles. The standard InChI is InChI=1S/C21H25FN2O5/c1-13-18(14(2)23-19(13)21(27)29-4)17(25)12-24(9-6-10-28-3)20(26)15-7-5-8-16(22)11-15/h5,7-8,11,23H,6,9-10,12H2,1-4H3. The van der Waals surface area contributed by atoms with Gasteiger partial charge in [-0.15, -0.1) is 0 Å². The van der Waals surface area contributed by atoms with Gasteiger partial charge < -0.3 is 19.4 Å². The van der Waals surface area contributed by atoms with Crippen LogP contribution in [-0.2, 0) is 9.47 Å². The van der Waals surface area contributed by atoms with Crippen LogP contribution in [0, 0.1) is 19.7 Å². The molecule has 0 atom stereocenters. The number of esters is 1. The highest BCUT2D eigenvalue weighted by Gasteiger charge is 2.26. The number of ketones is 1. The summed E-state index contributed by atoms with van der Waals surface area (Å²) in [6, 6.07) is 5.33. The van der Waals surface area contributed by atoms with Crippen molar-refractivity contribution < 1.29 is 28.2 Å². The van der Waals surface area contributed by atoms with Crippen LogP contribution in [-0.4, -0.2) is 61.5 Å². The molecule has 156 valence electrons. The van der Waals surface area contributed by atoms with Crippen LogP contribution in [0.15, 0.2) is 24.3 Å². The average Bonchev–Trinajstić information content (AvgIpc) is 3.00. The molecule has 0 radical (unpaired) electrons. The van der Waals surface area contributed by atoms with Crippen molar-refractivity contribution in [3.63, 3.8) is 0 Å². The molecule has 0 saturated carbocycles. The molecular weight excluding hydrogens is 379 g/mol. The number of aromatic amines is 1. The first-order valence-electron chi connectivity index (χ1n) is 9.14. The second-order valence-electron chi connectivity index (χ2n) is 6.62. The highest BCUT2D eigenvalue weighted by atomic mass is 19.1. The maximum absolute atomic E-state index is 13.5. The topological polar surface area (TPSA) is 88.7 Å². The SMILES string of the molecule is COCCCN(CC(=O)c1c(C)[nH]c(C(=O)OC)c1C)C(=O)c1cccc(F)c1. The number of aryl methyl sites for hydroxylation is 1. The van der Waals surface area contributed by atoms with Gasteiger partial charge in [-0.3, -0.25) is 9.59 Å². The van der Waals surface area contributed by atoms with Gasteiger partial charge in [0.05, 0.1) is 13.7 Å². The summed E-state index contributed by atoms with van der Waals surface area (Å²) in [5.41, 5.74) is 1.69. The van der Waals surface area contributed by atoms with Crippen molar-refractivity contribution in [2.24, 2.45) is 0 Å². The lowest BCUT2D eigenvalue weighted by atomic mass is 10.0. The second kappa shape index (κ2) is 9.97. The van der Waals surface area contributed by atoms with Gasteiger partial charge in [0.25, 0.3) is 5.91 Å². The Morgan fingerprint density at radius 2 is 1.90 bits per heavy atom. The molecule has 1 aromatic heterocycles. The van der Waals surface area contributed by atoms with E-state index in [2.05, 4.69) is 4.98 Å². The van der Waals surface area contributed by atoms with Crippen LogP contribution < -0.4 is 0 Å². The summed E-state index contributed by atoms with van der Waals surface area (Å²) < 4.78 is 23.3. The van der Waals surface area contributed by atoms with Gasteiger partial charge in [0.2, 0.25) is 0 Å². The van der Waals surface area contributed by atoms with E-state index in [1.807, 2.05) is 0 Å². The molecule has 0 bridgehead atoms. The highest BCUT2D eigenvalue weighted by molar-refractivity contribution is 6.05. The molecule has 0 fully saturated rings. The minimum atomic E-state index is -0.572. The maximum atomic E-state index is 13.5. The number of nitrogens with one attached hydrogen (secondary N) is 1. The summed E-state index contributed by atoms with van der Waals surface area (Å²) in [6.07, 6.45) is 0.517. The molecule has 7 nitrogen and oxygen atoms in total. The number of amides is 1. The number of H-pyrrole nitrogens is 1. The molecule has 0 unspecified atom stereocenters. The lowest BCUT2D eigenvalue weighted by molar-refractivity contribution is 0.0593. The molecule has 0 aliphatic rings. The number of carbonyl (C=O) groups excluding carboxylic acids is 3. The first kappa shape index (κ1) is 22.3. The summed E-state index contributed by atoms with van der Waals surface area (Å²) in [4.78, 5) is 42.0. The lowest BCUT2D eigenvalue weighted by Crippen LogP contribution is -2.37. The fourth-order valence-electron chi connectivity index (χ4n) is 3.18. The number of hydrogen-bond acceptors (Lipinski definition) is 5.